The molecule has 3 aromatic carbocycles. The van der Waals surface area contributed by atoms with Crippen molar-refractivity contribution in [2.24, 2.45) is 4.36 Å². The molecule has 0 spiro atoms. The fourth-order valence-electron chi connectivity index (χ4n) is 3.46. The number of nitrogens with zero attached hydrogens (tertiary/aromatic N) is 1. The van der Waals surface area contributed by atoms with Crippen molar-refractivity contribution in [3.63, 3.8) is 0 Å². The summed E-state index contributed by atoms with van der Waals surface area (Å²) in [5.74, 6) is 1.76. The van der Waals surface area contributed by atoms with Crippen LogP contribution in [0, 0.1) is 0 Å². The van der Waals surface area contributed by atoms with Crippen molar-refractivity contribution in [3.05, 3.63) is 94.2 Å². The van der Waals surface area contributed by atoms with E-state index in [4.69, 9.17) is 4.36 Å². The lowest BCUT2D eigenvalue weighted by Crippen LogP contribution is -2.18. The normalized spacial score (nSPS) is 18.3. The van der Waals surface area contributed by atoms with Crippen LogP contribution in [0.1, 0.15) is 25.0 Å². The second-order valence-corrected chi connectivity index (χ2v) is 11.4. The smallest absolute Gasteiger partial charge is 0.184 e. The summed E-state index contributed by atoms with van der Waals surface area (Å²) < 4.78 is 20.5. The highest BCUT2D eigenvalue weighted by Gasteiger charge is 2.36. The van der Waals surface area contributed by atoms with Gasteiger partial charge in [0.15, 0.2) is 9.13 Å². The maximum atomic E-state index is 14.7. The van der Waals surface area contributed by atoms with Crippen molar-refractivity contribution >= 4 is 44.9 Å². The molecule has 0 fully saturated rings. The van der Waals surface area contributed by atoms with Gasteiger partial charge in [-0.2, -0.15) is 0 Å². The van der Waals surface area contributed by atoms with Crippen LogP contribution in [0.4, 0.5) is 5.69 Å². The third kappa shape index (κ3) is 3.84. The molecule has 0 saturated carbocycles. The zero-order chi connectivity index (χ0) is 20.3. The van der Waals surface area contributed by atoms with E-state index >= 15 is 0 Å². The van der Waals surface area contributed by atoms with Crippen molar-refractivity contribution in [3.8, 4) is 0 Å². The van der Waals surface area contributed by atoms with Crippen LogP contribution in [-0.2, 0) is 10.1 Å². The fourth-order valence-corrected chi connectivity index (χ4v) is 8.60. The first-order chi connectivity index (χ1) is 14.2. The Hall–Kier alpha value is -1.79. The molecule has 1 heterocycles. The molecule has 2 nitrogen and oxygen atoms in total. The molecule has 1 aliphatic heterocycles. The van der Waals surface area contributed by atoms with E-state index in [2.05, 4.69) is 38.1 Å². The third-order valence-corrected chi connectivity index (χ3v) is 9.62. The first-order valence-corrected chi connectivity index (χ1v) is 13.2. The molecule has 0 aliphatic carbocycles. The molecule has 1 atom stereocenters. The largest absolute Gasteiger partial charge is 0.621 e. The molecule has 148 valence electrons. The first kappa shape index (κ1) is 20.5. The van der Waals surface area contributed by atoms with Crippen LogP contribution in [-0.4, -0.2) is 16.1 Å². The maximum absolute atomic E-state index is 14.7. The Morgan fingerprint density at radius 3 is 2.21 bits per heavy atom. The van der Waals surface area contributed by atoms with Gasteiger partial charge in [-0.05, 0) is 35.3 Å². The van der Waals surface area contributed by atoms with Gasteiger partial charge in [0.25, 0.3) is 0 Å². The zero-order valence-electron chi connectivity index (χ0n) is 16.5. The fraction of sp³-hybridized carbons (Fsp3) is 0.167. The lowest BCUT2D eigenvalue weighted by Gasteiger charge is -2.31. The predicted octanol–water partition coefficient (Wildman–Crippen LogP) is 7.44. The van der Waals surface area contributed by atoms with Crippen LogP contribution >= 0.6 is 23.5 Å². The Morgan fingerprint density at radius 1 is 0.793 bits per heavy atom. The van der Waals surface area contributed by atoms with Gasteiger partial charge in [-0.1, -0.05) is 90.6 Å². The number of fused-ring (bicyclic) bond motifs is 1. The molecule has 1 unspecified atom stereocenters. The third-order valence-electron chi connectivity index (χ3n) is 4.64. The predicted molar refractivity (Wildman–Crippen MR) is 128 cm³/mol. The summed E-state index contributed by atoms with van der Waals surface area (Å²) in [6.45, 7) is 4.22. The Bertz CT molecular complexity index is 1110. The topological polar surface area (TPSA) is 35.4 Å². The van der Waals surface area contributed by atoms with Gasteiger partial charge in [0, 0.05) is 15.7 Å². The number of hydrogen-bond donors (Lipinski definition) is 0. The molecule has 0 amide bonds. The van der Waals surface area contributed by atoms with Crippen LogP contribution in [0.25, 0.3) is 5.57 Å². The molecular weight excluding hydrogens is 414 g/mol. The second-order valence-electron chi connectivity index (χ2n) is 6.48. The van der Waals surface area contributed by atoms with Crippen LogP contribution in [0.5, 0.6) is 0 Å². The molecule has 4 rings (SSSR count). The SMILES string of the molecule is CCSC1=C(c2ccccc2)c2ccccc2N=[S+]1([O-])c1ccccc1SCC. The van der Waals surface area contributed by atoms with Crippen LogP contribution in [0.15, 0.2) is 97.3 Å². The van der Waals surface area contributed by atoms with Crippen molar-refractivity contribution < 1.29 is 4.55 Å². The lowest BCUT2D eigenvalue weighted by molar-refractivity contribution is 0.590. The summed E-state index contributed by atoms with van der Waals surface area (Å²) in [5.41, 5.74) is 3.98. The van der Waals surface area contributed by atoms with Gasteiger partial charge in [0.05, 0.1) is 10.5 Å². The van der Waals surface area contributed by atoms with E-state index in [9.17, 15) is 4.55 Å². The van der Waals surface area contributed by atoms with Gasteiger partial charge in [0.1, 0.15) is 5.69 Å². The van der Waals surface area contributed by atoms with E-state index in [-0.39, 0.29) is 0 Å². The van der Waals surface area contributed by atoms with Crippen molar-refractivity contribution in [2.45, 2.75) is 23.6 Å². The van der Waals surface area contributed by atoms with Gasteiger partial charge < -0.3 is 4.55 Å². The summed E-state index contributed by atoms with van der Waals surface area (Å²) in [5, 5.41) is 0. The van der Waals surface area contributed by atoms with Crippen LogP contribution in [0.2, 0.25) is 0 Å². The van der Waals surface area contributed by atoms with Crippen molar-refractivity contribution in [1.29, 1.82) is 0 Å². The quantitative estimate of drug-likeness (QED) is 0.297. The van der Waals surface area contributed by atoms with Gasteiger partial charge in [0.2, 0.25) is 0 Å². The average molecular weight is 438 g/mol. The van der Waals surface area contributed by atoms with E-state index in [0.717, 1.165) is 47.9 Å². The minimum absolute atomic E-state index is 0.799. The monoisotopic (exact) mass is 437 g/mol. The molecule has 3 aromatic rings. The number of hydrogen-bond acceptors (Lipinski definition) is 4. The van der Waals surface area contributed by atoms with Gasteiger partial charge in [-0.25, -0.2) is 0 Å². The Kier molecular flexibility index (Phi) is 6.30. The molecule has 29 heavy (non-hydrogen) atoms. The van der Waals surface area contributed by atoms with E-state index < -0.39 is 10.1 Å². The first-order valence-electron chi connectivity index (χ1n) is 9.70. The van der Waals surface area contributed by atoms with Crippen molar-refractivity contribution in [1.82, 2.24) is 0 Å². The number of rotatable bonds is 6. The summed E-state index contributed by atoms with van der Waals surface area (Å²) >= 11 is 3.37. The van der Waals surface area contributed by atoms with Crippen molar-refractivity contribution in [2.75, 3.05) is 11.5 Å². The molecule has 5 heteroatoms. The highest BCUT2D eigenvalue weighted by Crippen LogP contribution is 2.51. The Labute approximate surface area is 182 Å². The average Bonchev–Trinajstić information content (AvgIpc) is 2.75. The van der Waals surface area contributed by atoms with E-state index in [1.54, 1.807) is 23.5 Å². The standard InChI is InChI=1S/C24H23NOS3/c1-3-27-21-16-10-11-17-22(21)29(26)24(28-4-2)23(18-12-6-5-7-13-18)19-14-8-9-15-20(19)25-29/h5-17H,3-4H2,1-2H3. The summed E-state index contributed by atoms with van der Waals surface area (Å²) in [7, 11) is -2.79. The summed E-state index contributed by atoms with van der Waals surface area (Å²) in [6, 6.07) is 26.4. The molecule has 0 radical (unpaired) electrons. The number of thioether (sulfide) groups is 2. The van der Waals surface area contributed by atoms with Crippen LogP contribution < -0.4 is 0 Å². The minimum atomic E-state index is -2.79. The van der Waals surface area contributed by atoms with E-state index in [1.807, 2.05) is 54.6 Å². The summed E-state index contributed by atoms with van der Waals surface area (Å²) in [6.07, 6.45) is 0. The minimum Gasteiger partial charge on any atom is -0.621 e. The highest BCUT2D eigenvalue weighted by atomic mass is 32.3. The zero-order valence-corrected chi connectivity index (χ0v) is 18.9. The van der Waals surface area contributed by atoms with Gasteiger partial charge in [-0.3, -0.25) is 0 Å². The lowest BCUT2D eigenvalue weighted by atomic mass is 9.98. The van der Waals surface area contributed by atoms with Crippen LogP contribution in [0.3, 0.4) is 0 Å². The highest BCUT2D eigenvalue weighted by molar-refractivity contribution is 8.22. The molecule has 0 aromatic heterocycles. The Balaban J connectivity index is 2.09. The van der Waals surface area contributed by atoms with E-state index in [0.29, 0.717) is 0 Å². The Morgan fingerprint density at radius 2 is 1.45 bits per heavy atom. The maximum Gasteiger partial charge on any atom is 0.184 e. The molecular formula is C24H23NOS3. The molecule has 1 aliphatic rings. The molecule has 0 saturated heterocycles. The molecule has 0 N–H and O–H groups in total. The number of benzene rings is 3. The van der Waals surface area contributed by atoms with Gasteiger partial charge >= 0.3 is 0 Å². The van der Waals surface area contributed by atoms with E-state index in [1.165, 1.54) is 0 Å². The molecule has 0 bridgehead atoms. The van der Waals surface area contributed by atoms with Gasteiger partial charge in [-0.15, -0.1) is 11.8 Å². The second kappa shape index (κ2) is 8.92. The summed E-state index contributed by atoms with van der Waals surface area (Å²) in [4.78, 5) is 1.87.